The van der Waals surface area contributed by atoms with E-state index in [0.29, 0.717) is 5.92 Å². The van der Waals surface area contributed by atoms with Gasteiger partial charge < -0.3 is 9.30 Å². The summed E-state index contributed by atoms with van der Waals surface area (Å²) in [5.74, 6) is 2.84. The molecule has 0 amide bonds. The molecule has 2 aliphatic carbocycles. The Labute approximate surface area is 173 Å². The number of aryl methyl sites for hydroxylation is 1. The molecule has 0 atom stereocenters. The predicted octanol–water partition coefficient (Wildman–Crippen LogP) is 4.66. The highest BCUT2D eigenvalue weighted by Gasteiger charge is 2.49. The molecule has 29 heavy (non-hydrogen) atoms. The van der Waals surface area contributed by atoms with Crippen molar-refractivity contribution in [3.63, 3.8) is 0 Å². The van der Waals surface area contributed by atoms with E-state index in [1.165, 1.54) is 32.1 Å². The van der Waals surface area contributed by atoms with Gasteiger partial charge in [0.05, 0.1) is 18.1 Å². The lowest BCUT2D eigenvalue weighted by Crippen LogP contribution is -2.43. The highest BCUT2D eigenvalue weighted by Crippen LogP contribution is 2.49. The van der Waals surface area contributed by atoms with Crippen LogP contribution in [-0.4, -0.2) is 21.4 Å². The van der Waals surface area contributed by atoms with Crippen LogP contribution >= 0.6 is 0 Å². The van der Waals surface area contributed by atoms with Crippen molar-refractivity contribution in [3.8, 4) is 6.07 Å². The third-order valence-corrected chi connectivity index (χ3v) is 7.26. The Morgan fingerprint density at radius 1 is 1.03 bits per heavy atom. The number of fused-ring (bicyclic) bond motifs is 1. The van der Waals surface area contributed by atoms with E-state index in [1.54, 1.807) is 0 Å². The third kappa shape index (κ3) is 3.48. The minimum Gasteiger partial charge on any atom is -0.367 e. The minimum absolute atomic E-state index is 0.396. The fraction of sp³-hybridized carbons (Fsp3) is 0.625. The summed E-state index contributed by atoms with van der Waals surface area (Å²) in [6.45, 7) is 1.81. The maximum atomic E-state index is 10.1. The van der Waals surface area contributed by atoms with Crippen LogP contribution in [0.3, 0.4) is 0 Å². The standard InChI is InChI=1S/C24H30N4O/c25-18-23(20-7-3-1-4-8-20)12-14-24(15-13-23,29-17-19-10-11-19)22-27-26-21-9-5-2-6-16-28(21)22/h1,3-4,7-8,19H,2,5-6,9-17H2/t23-,24-. The molecule has 3 aliphatic rings. The van der Waals surface area contributed by atoms with Gasteiger partial charge in [-0.15, -0.1) is 10.2 Å². The van der Waals surface area contributed by atoms with Gasteiger partial charge in [-0.3, -0.25) is 0 Å². The maximum absolute atomic E-state index is 10.1. The molecule has 1 aliphatic heterocycles. The second kappa shape index (κ2) is 7.57. The molecule has 2 saturated carbocycles. The SMILES string of the molecule is N#C[C@]1(c2ccccc2)CC[C@@](OCC2CC2)(c2nnc3n2CCCCC3)CC1. The normalized spacial score (nSPS) is 29.6. The molecule has 5 nitrogen and oxygen atoms in total. The smallest absolute Gasteiger partial charge is 0.165 e. The van der Waals surface area contributed by atoms with Crippen LogP contribution in [0.2, 0.25) is 0 Å². The lowest BCUT2D eigenvalue weighted by atomic mass is 9.65. The first-order valence-corrected chi connectivity index (χ1v) is 11.3. The van der Waals surface area contributed by atoms with Gasteiger partial charge in [-0.25, -0.2) is 0 Å². The number of hydrogen-bond donors (Lipinski definition) is 0. The zero-order valence-corrected chi connectivity index (χ0v) is 17.1. The summed E-state index contributed by atoms with van der Waals surface area (Å²) in [4.78, 5) is 0. The Kier molecular flexibility index (Phi) is 4.91. The summed E-state index contributed by atoms with van der Waals surface area (Å²) >= 11 is 0. The van der Waals surface area contributed by atoms with Crippen LogP contribution in [0.4, 0.5) is 0 Å². The van der Waals surface area contributed by atoms with Crippen LogP contribution in [0.15, 0.2) is 30.3 Å². The third-order valence-electron chi connectivity index (χ3n) is 7.26. The Balaban J connectivity index is 1.46. The van der Waals surface area contributed by atoms with Crippen molar-refractivity contribution < 1.29 is 4.74 Å². The Bertz CT molecular complexity index is 885. The number of rotatable bonds is 5. The van der Waals surface area contributed by atoms with E-state index >= 15 is 0 Å². The van der Waals surface area contributed by atoms with E-state index < -0.39 is 11.0 Å². The first-order valence-electron chi connectivity index (χ1n) is 11.3. The van der Waals surface area contributed by atoms with E-state index in [1.807, 2.05) is 18.2 Å². The number of nitrogens with zero attached hydrogens (tertiary/aromatic N) is 4. The predicted molar refractivity (Wildman–Crippen MR) is 110 cm³/mol. The molecule has 0 unspecified atom stereocenters. The Hall–Kier alpha value is -2.19. The van der Waals surface area contributed by atoms with Crippen molar-refractivity contribution in [2.45, 2.75) is 81.8 Å². The van der Waals surface area contributed by atoms with Crippen molar-refractivity contribution in [1.29, 1.82) is 5.26 Å². The van der Waals surface area contributed by atoms with Gasteiger partial charge in [0, 0.05) is 13.0 Å². The monoisotopic (exact) mass is 390 g/mol. The van der Waals surface area contributed by atoms with Crippen molar-refractivity contribution in [3.05, 3.63) is 47.5 Å². The molecule has 5 heteroatoms. The lowest BCUT2D eigenvalue weighted by Gasteiger charge is -2.43. The number of aromatic nitrogens is 3. The molecule has 152 valence electrons. The number of benzene rings is 1. The first kappa shape index (κ1) is 18.8. The van der Waals surface area contributed by atoms with Crippen molar-refractivity contribution >= 4 is 0 Å². The maximum Gasteiger partial charge on any atom is 0.165 e. The molecule has 0 radical (unpaired) electrons. The molecular formula is C24H30N4O. The Morgan fingerprint density at radius 2 is 1.83 bits per heavy atom. The molecule has 2 fully saturated rings. The van der Waals surface area contributed by atoms with E-state index in [9.17, 15) is 5.26 Å². The molecule has 0 saturated heterocycles. The van der Waals surface area contributed by atoms with E-state index in [0.717, 1.165) is 62.5 Å². The number of hydrogen-bond acceptors (Lipinski definition) is 4. The van der Waals surface area contributed by atoms with Crippen molar-refractivity contribution in [2.75, 3.05) is 6.61 Å². The van der Waals surface area contributed by atoms with Gasteiger partial charge in [0.15, 0.2) is 5.82 Å². The number of ether oxygens (including phenoxy) is 1. The van der Waals surface area contributed by atoms with Crippen LogP contribution in [-0.2, 0) is 28.7 Å². The van der Waals surface area contributed by atoms with E-state index in [2.05, 4.69) is 33.0 Å². The fourth-order valence-corrected chi connectivity index (χ4v) is 5.12. The van der Waals surface area contributed by atoms with Crippen molar-refractivity contribution in [2.24, 2.45) is 5.92 Å². The fourth-order valence-electron chi connectivity index (χ4n) is 5.12. The molecule has 1 aromatic heterocycles. The lowest BCUT2D eigenvalue weighted by molar-refractivity contribution is -0.0961. The minimum atomic E-state index is -0.421. The summed E-state index contributed by atoms with van der Waals surface area (Å²) in [5, 5.41) is 19.4. The van der Waals surface area contributed by atoms with Gasteiger partial charge in [-0.05, 0) is 62.8 Å². The molecule has 0 N–H and O–H groups in total. The van der Waals surface area contributed by atoms with Gasteiger partial charge >= 0.3 is 0 Å². The quantitative estimate of drug-likeness (QED) is 0.745. The largest absolute Gasteiger partial charge is 0.367 e. The highest BCUT2D eigenvalue weighted by atomic mass is 16.5. The average molecular weight is 391 g/mol. The summed E-state index contributed by atoms with van der Waals surface area (Å²) in [6.07, 6.45) is 10.5. The summed E-state index contributed by atoms with van der Waals surface area (Å²) in [6, 6.07) is 13.0. The molecule has 2 heterocycles. The summed E-state index contributed by atoms with van der Waals surface area (Å²) in [5.41, 5.74) is 0.321. The van der Waals surface area contributed by atoms with Gasteiger partial charge in [0.25, 0.3) is 0 Å². The van der Waals surface area contributed by atoms with Gasteiger partial charge in [-0.2, -0.15) is 5.26 Å². The zero-order chi connectivity index (χ0) is 19.7. The second-order valence-corrected chi connectivity index (χ2v) is 9.21. The van der Waals surface area contributed by atoms with E-state index in [-0.39, 0.29) is 0 Å². The number of nitriles is 1. The zero-order valence-electron chi connectivity index (χ0n) is 17.1. The average Bonchev–Trinajstić information content (AvgIpc) is 3.57. The first-order chi connectivity index (χ1) is 14.2. The summed E-state index contributed by atoms with van der Waals surface area (Å²) in [7, 11) is 0. The molecule has 5 rings (SSSR count). The topological polar surface area (TPSA) is 63.7 Å². The van der Waals surface area contributed by atoms with Crippen LogP contribution in [0, 0.1) is 17.2 Å². The molecule has 0 bridgehead atoms. The summed E-state index contributed by atoms with van der Waals surface area (Å²) < 4.78 is 9.04. The Morgan fingerprint density at radius 3 is 2.55 bits per heavy atom. The molecule has 2 aromatic rings. The second-order valence-electron chi connectivity index (χ2n) is 9.21. The van der Waals surface area contributed by atoms with Crippen LogP contribution < -0.4 is 0 Å². The molecule has 1 aromatic carbocycles. The van der Waals surface area contributed by atoms with Crippen LogP contribution in [0.5, 0.6) is 0 Å². The van der Waals surface area contributed by atoms with Crippen molar-refractivity contribution in [1.82, 2.24) is 14.8 Å². The molecule has 0 spiro atoms. The van der Waals surface area contributed by atoms with Gasteiger partial charge in [-0.1, -0.05) is 36.8 Å². The van der Waals surface area contributed by atoms with Gasteiger partial charge in [0.2, 0.25) is 0 Å². The van der Waals surface area contributed by atoms with Crippen LogP contribution in [0.1, 0.15) is 75.0 Å². The highest BCUT2D eigenvalue weighted by molar-refractivity contribution is 5.34. The van der Waals surface area contributed by atoms with Crippen LogP contribution in [0.25, 0.3) is 0 Å². The van der Waals surface area contributed by atoms with Gasteiger partial charge in [0.1, 0.15) is 11.4 Å². The van der Waals surface area contributed by atoms with E-state index in [4.69, 9.17) is 4.74 Å². The molecular weight excluding hydrogens is 360 g/mol.